The van der Waals surface area contributed by atoms with Crippen LogP contribution in [-0.4, -0.2) is 29.7 Å². The van der Waals surface area contributed by atoms with E-state index in [9.17, 15) is 4.79 Å². The third-order valence-electron chi connectivity index (χ3n) is 4.22. The van der Waals surface area contributed by atoms with Gasteiger partial charge in [-0.1, -0.05) is 11.8 Å². The number of nitrogens with one attached hydrogen (secondary N) is 1. The summed E-state index contributed by atoms with van der Waals surface area (Å²) in [5.74, 6) is 2.07. The van der Waals surface area contributed by atoms with Gasteiger partial charge in [0, 0.05) is 24.0 Å². The molecule has 7 nitrogen and oxygen atoms in total. The van der Waals surface area contributed by atoms with Gasteiger partial charge in [-0.15, -0.1) is 21.5 Å². The lowest BCUT2D eigenvalue weighted by Crippen LogP contribution is -2.09. The quantitative estimate of drug-likeness (QED) is 0.533. The lowest BCUT2D eigenvalue weighted by Gasteiger charge is -2.08. The lowest BCUT2D eigenvalue weighted by molar-refractivity contribution is 0.669. The number of nitrogens with zero attached hydrogens (tertiary/aromatic N) is 5. The minimum absolute atomic E-state index is 0.0817. The van der Waals surface area contributed by atoms with E-state index < -0.39 is 0 Å². The van der Waals surface area contributed by atoms with Crippen molar-refractivity contribution in [3.63, 3.8) is 0 Å². The SMILES string of the molecule is O=c1[nH]c(CSc2nnc(-c3ccncc3)n2C2CC2)nc2ccsc12. The van der Waals surface area contributed by atoms with Crippen molar-refractivity contribution in [1.29, 1.82) is 0 Å². The predicted octanol–water partition coefficient (Wildman–Crippen LogP) is 3.27. The second-order valence-corrected chi connectivity index (χ2v) is 7.94. The van der Waals surface area contributed by atoms with Gasteiger partial charge in [0.25, 0.3) is 5.56 Å². The van der Waals surface area contributed by atoms with E-state index in [1.54, 1.807) is 24.2 Å². The van der Waals surface area contributed by atoms with Gasteiger partial charge in [0.1, 0.15) is 10.5 Å². The van der Waals surface area contributed by atoms with Gasteiger partial charge >= 0.3 is 0 Å². The number of fused-ring (bicyclic) bond motifs is 1. The van der Waals surface area contributed by atoms with Gasteiger partial charge in [-0.05, 0) is 36.4 Å². The third-order valence-corrected chi connectivity index (χ3v) is 6.07. The van der Waals surface area contributed by atoms with E-state index in [-0.39, 0.29) is 5.56 Å². The average Bonchev–Trinajstić information content (AvgIpc) is 3.23. The molecule has 5 rings (SSSR count). The van der Waals surface area contributed by atoms with Crippen LogP contribution in [0.5, 0.6) is 0 Å². The van der Waals surface area contributed by atoms with Gasteiger partial charge in [-0.25, -0.2) is 4.98 Å². The molecule has 4 aromatic rings. The van der Waals surface area contributed by atoms with Crippen molar-refractivity contribution in [3.05, 3.63) is 52.2 Å². The first kappa shape index (κ1) is 15.7. The van der Waals surface area contributed by atoms with Crippen LogP contribution in [0.25, 0.3) is 21.6 Å². The Morgan fingerprint density at radius 1 is 1.23 bits per heavy atom. The largest absolute Gasteiger partial charge is 0.309 e. The molecule has 0 aromatic carbocycles. The molecule has 4 aromatic heterocycles. The number of aromatic amines is 1. The molecule has 9 heteroatoms. The van der Waals surface area contributed by atoms with Crippen LogP contribution < -0.4 is 5.56 Å². The normalized spacial score (nSPS) is 14.2. The summed E-state index contributed by atoms with van der Waals surface area (Å²) in [7, 11) is 0. The Bertz CT molecular complexity index is 1130. The standard InChI is InChI=1S/C17H14N6OS2/c24-16-14-12(5-8-25-14)19-13(20-16)9-26-17-22-21-15(23(17)11-1-2-11)10-3-6-18-7-4-10/h3-8,11H,1-2,9H2,(H,19,20,24). The molecular weight excluding hydrogens is 368 g/mol. The maximum absolute atomic E-state index is 12.1. The summed E-state index contributed by atoms with van der Waals surface area (Å²) in [6.45, 7) is 0. The fourth-order valence-electron chi connectivity index (χ4n) is 2.86. The molecule has 4 heterocycles. The maximum atomic E-state index is 12.1. The molecule has 1 saturated carbocycles. The van der Waals surface area contributed by atoms with Gasteiger partial charge in [0.15, 0.2) is 11.0 Å². The molecule has 0 spiro atoms. The summed E-state index contributed by atoms with van der Waals surface area (Å²) >= 11 is 2.96. The Balaban J connectivity index is 1.45. The minimum atomic E-state index is -0.0817. The molecule has 0 saturated heterocycles. The highest BCUT2D eigenvalue weighted by Crippen LogP contribution is 2.41. The van der Waals surface area contributed by atoms with Gasteiger partial charge in [0.05, 0.1) is 11.3 Å². The van der Waals surface area contributed by atoms with Crippen LogP contribution in [0.3, 0.4) is 0 Å². The monoisotopic (exact) mass is 382 g/mol. The zero-order valence-corrected chi connectivity index (χ0v) is 15.3. The van der Waals surface area contributed by atoms with E-state index in [4.69, 9.17) is 0 Å². The van der Waals surface area contributed by atoms with Crippen LogP contribution >= 0.6 is 23.1 Å². The number of hydrogen-bond donors (Lipinski definition) is 1. The molecule has 0 bridgehead atoms. The third kappa shape index (κ3) is 2.82. The molecule has 1 aliphatic carbocycles. The van der Waals surface area contributed by atoms with Gasteiger partial charge in [0.2, 0.25) is 0 Å². The minimum Gasteiger partial charge on any atom is -0.309 e. The summed E-state index contributed by atoms with van der Waals surface area (Å²) < 4.78 is 2.86. The van der Waals surface area contributed by atoms with Crippen LogP contribution in [0.1, 0.15) is 24.7 Å². The average molecular weight is 382 g/mol. The van der Waals surface area contributed by atoms with Crippen molar-refractivity contribution in [3.8, 4) is 11.4 Å². The van der Waals surface area contributed by atoms with E-state index in [0.717, 1.165) is 34.9 Å². The number of hydrogen-bond acceptors (Lipinski definition) is 7. The van der Waals surface area contributed by atoms with Crippen molar-refractivity contribution in [2.45, 2.75) is 29.8 Å². The second kappa shape index (κ2) is 6.33. The van der Waals surface area contributed by atoms with Crippen molar-refractivity contribution in [1.82, 2.24) is 29.7 Å². The van der Waals surface area contributed by atoms with Gasteiger partial charge < -0.3 is 4.98 Å². The van der Waals surface area contributed by atoms with E-state index in [1.165, 1.54) is 11.3 Å². The smallest absolute Gasteiger partial charge is 0.268 e. The Hall–Kier alpha value is -2.52. The van der Waals surface area contributed by atoms with Gasteiger partial charge in [-0.3, -0.25) is 14.3 Å². The topological polar surface area (TPSA) is 89.4 Å². The van der Waals surface area contributed by atoms with Crippen LogP contribution in [0.15, 0.2) is 45.9 Å². The number of thiophene rings is 1. The highest BCUT2D eigenvalue weighted by Gasteiger charge is 2.30. The highest BCUT2D eigenvalue weighted by atomic mass is 32.2. The summed E-state index contributed by atoms with van der Waals surface area (Å²) in [6.07, 6.45) is 5.80. The Morgan fingerprint density at radius 2 is 2.08 bits per heavy atom. The van der Waals surface area contributed by atoms with Crippen LogP contribution in [-0.2, 0) is 5.75 Å². The first-order chi connectivity index (χ1) is 12.8. The lowest BCUT2D eigenvalue weighted by atomic mass is 10.2. The molecule has 1 fully saturated rings. The molecule has 0 amide bonds. The number of aromatic nitrogens is 6. The van der Waals surface area contributed by atoms with Crippen LogP contribution in [0, 0.1) is 0 Å². The Kier molecular flexibility index (Phi) is 3.83. The molecule has 130 valence electrons. The highest BCUT2D eigenvalue weighted by molar-refractivity contribution is 7.98. The molecule has 0 aliphatic heterocycles. The Labute approximate surface area is 156 Å². The van der Waals surface area contributed by atoms with E-state index in [1.807, 2.05) is 23.6 Å². The van der Waals surface area contributed by atoms with Crippen molar-refractivity contribution in [2.75, 3.05) is 0 Å². The maximum Gasteiger partial charge on any atom is 0.268 e. The van der Waals surface area contributed by atoms with E-state index >= 15 is 0 Å². The molecular formula is C17H14N6OS2. The molecule has 1 N–H and O–H groups in total. The fraction of sp³-hybridized carbons (Fsp3) is 0.235. The first-order valence-corrected chi connectivity index (χ1v) is 10.1. The molecule has 0 atom stereocenters. The number of H-pyrrole nitrogens is 1. The first-order valence-electron chi connectivity index (χ1n) is 8.24. The fourth-order valence-corrected chi connectivity index (χ4v) is 4.46. The molecule has 0 unspecified atom stereocenters. The second-order valence-electron chi connectivity index (χ2n) is 6.08. The zero-order valence-electron chi connectivity index (χ0n) is 13.6. The van der Waals surface area contributed by atoms with E-state index in [0.29, 0.717) is 22.3 Å². The number of pyridine rings is 1. The predicted molar refractivity (Wildman–Crippen MR) is 101 cm³/mol. The van der Waals surface area contributed by atoms with Crippen molar-refractivity contribution < 1.29 is 0 Å². The van der Waals surface area contributed by atoms with E-state index in [2.05, 4.69) is 29.7 Å². The summed E-state index contributed by atoms with van der Waals surface area (Å²) in [4.78, 5) is 23.6. The molecule has 1 aliphatic rings. The van der Waals surface area contributed by atoms with Crippen molar-refractivity contribution in [2.24, 2.45) is 0 Å². The summed E-state index contributed by atoms with van der Waals surface area (Å²) in [5.41, 5.74) is 1.68. The van der Waals surface area contributed by atoms with Crippen LogP contribution in [0.4, 0.5) is 0 Å². The summed E-state index contributed by atoms with van der Waals surface area (Å²) in [6, 6.07) is 6.21. The molecule has 26 heavy (non-hydrogen) atoms. The number of thioether (sulfide) groups is 1. The zero-order chi connectivity index (χ0) is 17.5. The summed E-state index contributed by atoms with van der Waals surface area (Å²) in [5, 5.41) is 11.5. The molecule has 0 radical (unpaired) electrons. The Morgan fingerprint density at radius 3 is 2.88 bits per heavy atom. The van der Waals surface area contributed by atoms with Gasteiger partial charge in [-0.2, -0.15) is 0 Å². The number of rotatable bonds is 5. The van der Waals surface area contributed by atoms with Crippen molar-refractivity contribution >= 4 is 33.3 Å². The van der Waals surface area contributed by atoms with Crippen LogP contribution in [0.2, 0.25) is 0 Å².